The molecule has 2 aliphatic heterocycles. The van der Waals surface area contributed by atoms with Crippen LogP contribution >= 0.6 is 0 Å². The third-order valence-corrected chi connectivity index (χ3v) is 11.7. The van der Waals surface area contributed by atoms with E-state index in [1.54, 1.807) is 30.3 Å². The smallest absolute Gasteiger partial charge is 0.338 e. The Morgan fingerprint density at radius 3 is 1.23 bits per heavy atom. The SMILES string of the molecule is CC(=O)O[C@@H]1[C@@H](OC[C@H]2O[C@H](O)[C@@H](OC(=O)c3ccccc3)[C@@H](OCc3ccccc3)[C@@H]2OCc2ccccc2)O[C@H](COCc2ccccc2)[C@@H](OCc2ccccc2)[C@@H]1OCc1ccccc1. The van der Waals surface area contributed by atoms with Gasteiger partial charge in [0.25, 0.3) is 0 Å². The van der Waals surface area contributed by atoms with Crippen molar-refractivity contribution in [1.82, 2.24) is 0 Å². The number of carbonyl (C=O) groups excluding carboxylic acids is 2. The summed E-state index contributed by atoms with van der Waals surface area (Å²) >= 11 is 0. The molecule has 0 bridgehead atoms. The van der Waals surface area contributed by atoms with E-state index in [4.69, 9.17) is 47.4 Å². The fourth-order valence-corrected chi connectivity index (χ4v) is 8.29. The zero-order chi connectivity index (χ0) is 47.6. The van der Waals surface area contributed by atoms with Gasteiger partial charge in [-0.05, 0) is 39.9 Å². The van der Waals surface area contributed by atoms with Gasteiger partial charge in [0.15, 0.2) is 24.8 Å². The molecule has 2 saturated heterocycles. The lowest BCUT2D eigenvalue weighted by atomic mass is 9.97. The van der Waals surface area contributed by atoms with Crippen LogP contribution < -0.4 is 0 Å². The highest BCUT2D eigenvalue weighted by Crippen LogP contribution is 2.34. The summed E-state index contributed by atoms with van der Waals surface area (Å²) in [6.45, 7) is 1.91. The number of hydrogen-bond acceptors (Lipinski definition) is 13. The van der Waals surface area contributed by atoms with E-state index in [-0.39, 0.29) is 51.8 Å². The van der Waals surface area contributed by atoms with Crippen molar-refractivity contribution in [3.8, 4) is 0 Å². The molecule has 0 spiro atoms. The molecular weight excluding hydrogens is 881 g/mol. The van der Waals surface area contributed by atoms with Gasteiger partial charge < -0.3 is 52.5 Å². The number of aliphatic hydroxyl groups is 1. The van der Waals surface area contributed by atoms with E-state index in [0.717, 1.165) is 27.8 Å². The lowest BCUT2D eigenvalue weighted by molar-refractivity contribution is -0.341. The minimum Gasteiger partial charge on any atom is -0.454 e. The van der Waals surface area contributed by atoms with Gasteiger partial charge in [-0.2, -0.15) is 0 Å². The summed E-state index contributed by atoms with van der Waals surface area (Å²) in [7, 11) is 0. The molecule has 6 aromatic rings. The zero-order valence-corrected chi connectivity index (χ0v) is 38.4. The molecule has 13 heteroatoms. The molecule has 8 rings (SSSR count). The number of benzene rings is 6. The van der Waals surface area contributed by atoms with E-state index < -0.39 is 73.4 Å². The first kappa shape index (κ1) is 49.3. The summed E-state index contributed by atoms with van der Waals surface area (Å²) in [6.07, 6.45) is -11.1. The van der Waals surface area contributed by atoms with Gasteiger partial charge in [0.05, 0.1) is 51.8 Å². The van der Waals surface area contributed by atoms with Crippen molar-refractivity contribution in [2.45, 2.75) is 101 Å². The maximum absolute atomic E-state index is 13.6. The Labute approximate surface area is 402 Å². The number of esters is 2. The van der Waals surface area contributed by atoms with E-state index in [1.165, 1.54) is 6.92 Å². The molecular formula is C56H58O13. The summed E-state index contributed by atoms with van der Waals surface area (Å²) in [5.41, 5.74) is 4.73. The first-order chi connectivity index (χ1) is 33.9. The molecule has 360 valence electrons. The highest BCUT2D eigenvalue weighted by atomic mass is 16.7. The third kappa shape index (κ3) is 14.2. The Hall–Kier alpha value is -6.10. The van der Waals surface area contributed by atoms with Gasteiger partial charge >= 0.3 is 11.9 Å². The van der Waals surface area contributed by atoms with Crippen molar-refractivity contribution in [1.29, 1.82) is 0 Å². The molecule has 2 fully saturated rings. The number of carbonyl (C=O) groups is 2. The number of ether oxygens (including phenoxy) is 10. The van der Waals surface area contributed by atoms with Crippen LogP contribution in [-0.4, -0.2) is 91.7 Å². The van der Waals surface area contributed by atoms with Gasteiger partial charge in [-0.15, -0.1) is 0 Å². The third-order valence-electron chi connectivity index (χ3n) is 11.7. The fraction of sp³-hybridized carbons (Fsp3) is 0.321. The minimum atomic E-state index is -1.68. The first-order valence-electron chi connectivity index (χ1n) is 23.2. The fourth-order valence-electron chi connectivity index (χ4n) is 8.29. The minimum absolute atomic E-state index is 0.0531. The van der Waals surface area contributed by atoms with Crippen LogP contribution in [0.25, 0.3) is 0 Å². The molecule has 2 heterocycles. The molecule has 1 N–H and O–H groups in total. The van der Waals surface area contributed by atoms with Crippen molar-refractivity contribution in [2.24, 2.45) is 0 Å². The highest BCUT2D eigenvalue weighted by molar-refractivity contribution is 5.89. The molecule has 2 aliphatic rings. The Balaban J connectivity index is 1.10. The molecule has 0 saturated carbocycles. The van der Waals surface area contributed by atoms with Gasteiger partial charge in [0.2, 0.25) is 0 Å². The molecule has 0 aliphatic carbocycles. The Morgan fingerprint density at radius 2 is 0.797 bits per heavy atom. The topological polar surface area (TPSA) is 147 Å². The average molecular weight is 939 g/mol. The summed E-state index contributed by atoms with van der Waals surface area (Å²) in [4.78, 5) is 26.7. The second-order valence-electron chi connectivity index (χ2n) is 16.8. The summed E-state index contributed by atoms with van der Waals surface area (Å²) in [5.74, 6) is -1.28. The second-order valence-corrected chi connectivity index (χ2v) is 16.8. The van der Waals surface area contributed by atoms with E-state index in [2.05, 4.69) is 0 Å². The number of aliphatic hydroxyl groups excluding tert-OH is 1. The molecule has 0 unspecified atom stereocenters. The van der Waals surface area contributed by atoms with Crippen LogP contribution in [-0.2, 0) is 85.2 Å². The average Bonchev–Trinajstić information content (AvgIpc) is 3.39. The lowest BCUT2D eigenvalue weighted by Crippen LogP contribution is -2.64. The molecule has 13 nitrogen and oxygen atoms in total. The Morgan fingerprint density at radius 1 is 0.420 bits per heavy atom. The normalized spacial score (nSPS) is 24.6. The van der Waals surface area contributed by atoms with Crippen LogP contribution in [0.15, 0.2) is 182 Å². The Bertz CT molecular complexity index is 2410. The van der Waals surface area contributed by atoms with Gasteiger partial charge in [-0.1, -0.05) is 170 Å². The van der Waals surface area contributed by atoms with Crippen molar-refractivity contribution in [3.63, 3.8) is 0 Å². The van der Waals surface area contributed by atoms with Crippen LogP contribution in [0.2, 0.25) is 0 Å². The highest BCUT2D eigenvalue weighted by Gasteiger charge is 2.53. The maximum Gasteiger partial charge on any atom is 0.338 e. The number of rotatable bonds is 22. The molecule has 6 aromatic carbocycles. The summed E-state index contributed by atoms with van der Waals surface area (Å²) in [6, 6.07) is 56.6. The lowest BCUT2D eigenvalue weighted by Gasteiger charge is -2.47. The maximum atomic E-state index is 13.6. The predicted octanol–water partition coefficient (Wildman–Crippen LogP) is 8.16. The van der Waals surface area contributed by atoms with E-state index in [9.17, 15) is 14.7 Å². The monoisotopic (exact) mass is 938 g/mol. The van der Waals surface area contributed by atoms with Crippen molar-refractivity contribution >= 4 is 11.9 Å². The van der Waals surface area contributed by atoms with Gasteiger partial charge in [0, 0.05) is 6.92 Å². The van der Waals surface area contributed by atoms with Crippen LogP contribution in [0.1, 0.15) is 45.1 Å². The first-order valence-corrected chi connectivity index (χ1v) is 23.2. The van der Waals surface area contributed by atoms with Crippen LogP contribution in [0.4, 0.5) is 0 Å². The van der Waals surface area contributed by atoms with Gasteiger partial charge in [0.1, 0.15) is 36.6 Å². The van der Waals surface area contributed by atoms with Crippen molar-refractivity contribution < 1.29 is 62.1 Å². The van der Waals surface area contributed by atoms with E-state index in [1.807, 2.05) is 152 Å². The number of hydrogen-bond donors (Lipinski definition) is 1. The summed E-state index contributed by atoms with van der Waals surface area (Å²) < 4.78 is 64.8. The summed E-state index contributed by atoms with van der Waals surface area (Å²) in [5, 5.41) is 11.8. The molecule has 69 heavy (non-hydrogen) atoms. The van der Waals surface area contributed by atoms with E-state index in [0.29, 0.717) is 0 Å². The largest absolute Gasteiger partial charge is 0.454 e. The Kier molecular flexibility index (Phi) is 18.2. The molecule has 0 aromatic heterocycles. The molecule has 10 atom stereocenters. The van der Waals surface area contributed by atoms with Crippen LogP contribution in [0, 0.1) is 0 Å². The standard InChI is InChI=1S/C56H58O13/c1-39(57)66-53-51(64-36-44-28-16-6-17-29-44)48(61-33-41-22-10-3-11-23-41)46(37-60-32-40-20-8-2-9-21-40)68-56(53)65-38-47-49(62-34-42-24-12-4-13-25-42)50(63-35-43-26-14-5-15-27-43)52(55(59)67-47)69-54(58)45-30-18-7-19-31-45/h2-31,46-53,55-56,59H,32-38H2,1H3/t46-,47-,48-,49-,50+,51+,52+,53+,55+,56+/m1/s1. The second kappa shape index (κ2) is 25.5. The van der Waals surface area contributed by atoms with Gasteiger partial charge in [-0.25, -0.2) is 4.79 Å². The van der Waals surface area contributed by atoms with Crippen molar-refractivity contribution in [2.75, 3.05) is 13.2 Å². The molecule has 0 amide bonds. The molecule has 0 radical (unpaired) electrons. The van der Waals surface area contributed by atoms with Gasteiger partial charge in [-0.3, -0.25) is 4.79 Å². The van der Waals surface area contributed by atoms with Crippen LogP contribution in [0.5, 0.6) is 0 Å². The zero-order valence-electron chi connectivity index (χ0n) is 38.4. The van der Waals surface area contributed by atoms with E-state index >= 15 is 0 Å². The quantitative estimate of drug-likeness (QED) is 0.0654. The predicted molar refractivity (Wildman–Crippen MR) is 253 cm³/mol. The van der Waals surface area contributed by atoms with Crippen LogP contribution in [0.3, 0.4) is 0 Å². The van der Waals surface area contributed by atoms with Crippen molar-refractivity contribution in [3.05, 3.63) is 215 Å².